The van der Waals surface area contributed by atoms with Crippen LogP contribution < -0.4 is 4.90 Å². The maximum Gasteiger partial charge on any atom is 0.167 e. The van der Waals surface area contributed by atoms with Crippen LogP contribution in [0.4, 0.5) is 5.82 Å². The Morgan fingerprint density at radius 1 is 1.09 bits per heavy atom. The van der Waals surface area contributed by atoms with Gasteiger partial charge < -0.3 is 10.0 Å². The Kier molecular flexibility index (Phi) is 3.33. The van der Waals surface area contributed by atoms with Gasteiger partial charge in [0.2, 0.25) is 0 Å². The summed E-state index contributed by atoms with van der Waals surface area (Å²) in [6, 6.07) is 7.81. The van der Waals surface area contributed by atoms with Crippen LogP contribution in [0.2, 0.25) is 0 Å². The van der Waals surface area contributed by atoms with Gasteiger partial charge in [0.05, 0.1) is 11.1 Å². The summed E-state index contributed by atoms with van der Waals surface area (Å²) in [5.41, 5.74) is 2.63. The van der Waals surface area contributed by atoms with Crippen LogP contribution in [0.1, 0.15) is 18.4 Å². The highest BCUT2D eigenvalue weighted by atomic mass is 16.3. The predicted octanol–water partition coefficient (Wildman–Crippen LogP) is 3.31. The van der Waals surface area contributed by atoms with Crippen molar-refractivity contribution in [1.82, 2.24) is 15.0 Å². The largest absolute Gasteiger partial charge is 0.507 e. The molecule has 0 spiro atoms. The van der Waals surface area contributed by atoms with E-state index in [1.807, 2.05) is 0 Å². The fourth-order valence-corrected chi connectivity index (χ4v) is 3.07. The van der Waals surface area contributed by atoms with Crippen molar-refractivity contribution >= 4 is 16.7 Å². The number of hydrogen-bond donors (Lipinski definition) is 1. The number of rotatable bonds is 2. The molecule has 5 nitrogen and oxygen atoms in total. The molecular formula is C18H18N4O. The molecule has 23 heavy (non-hydrogen) atoms. The number of benzene rings is 1. The van der Waals surface area contributed by atoms with Crippen LogP contribution in [0.25, 0.3) is 22.3 Å². The smallest absolute Gasteiger partial charge is 0.167 e. The first kappa shape index (κ1) is 13.9. The first-order valence-electron chi connectivity index (χ1n) is 7.89. The molecule has 0 unspecified atom stereocenters. The van der Waals surface area contributed by atoms with E-state index in [0.717, 1.165) is 35.4 Å². The number of pyridine rings is 1. The van der Waals surface area contributed by atoms with Gasteiger partial charge in [-0.1, -0.05) is 6.07 Å². The molecular weight excluding hydrogens is 288 g/mol. The monoisotopic (exact) mass is 306 g/mol. The molecule has 0 radical (unpaired) electrons. The number of anilines is 1. The van der Waals surface area contributed by atoms with Crippen LogP contribution in [0, 0.1) is 6.92 Å². The summed E-state index contributed by atoms with van der Waals surface area (Å²) in [5.74, 6) is 1.63. The summed E-state index contributed by atoms with van der Waals surface area (Å²) < 4.78 is 0. The van der Waals surface area contributed by atoms with E-state index in [1.54, 1.807) is 18.5 Å². The lowest BCUT2D eigenvalue weighted by atomic mass is 10.1. The van der Waals surface area contributed by atoms with Crippen LogP contribution in [0.15, 0.2) is 36.7 Å². The molecule has 2 aromatic heterocycles. The van der Waals surface area contributed by atoms with Gasteiger partial charge in [-0.25, -0.2) is 9.97 Å². The molecule has 4 rings (SSSR count). The van der Waals surface area contributed by atoms with Crippen molar-refractivity contribution in [2.24, 2.45) is 0 Å². The Bertz CT molecular complexity index is 872. The summed E-state index contributed by atoms with van der Waals surface area (Å²) in [6.07, 6.45) is 5.54. The molecule has 5 heteroatoms. The molecule has 0 aliphatic carbocycles. The molecule has 1 aromatic carbocycles. The van der Waals surface area contributed by atoms with E-state index < -0.39 is 0 Å². The molecule has 3 heterocycles. The van der Waals surface area contributed by atoms with Crippen molar-refractivity contribution in [1.29, 1.82) is 0 Å². The van der Waals surface area contributed by atoms with Gasteiger partial charge in [-0.2, -0.15) is 0 Å². The fourth-order valence-electron chi connectivity index (χ4n) is 3.07. The van der Waals surface area contributed by atoms with Gasteiger partial charge in [0.25, 0.3) is 0 Å². The third kappa shape index (κ3) is 2.48. The summed E-state index contributed by atoms with van der Waals surface area (Å²) in [7, 11) is 0. The van der Waals surface area contributed by atoms with E-state index in [-0.39, 0.29) is 5.75 Å². The van der Waals surface area contributed by atoms with Crippen LogP contribution in [0.3, 0.4) is 0 Å². The first-order chi connectivity index (χ1) is 11.2. The lowest BCUT2D eigenvalue weighted by molar-refractivity contribution is 0.476. The minimum atomic E-state index is 0.152. The zero-order valence-corrected chi connectivity index (χ0v) is 13.0. The summed E-state index contributed by atoms with van der Waals surface area (Å²) in [6.45, 7) is 4.08. The molecule has 1 N–H and O–H groups in total. The van der Waals surface area contributed by atoms with E-state index >= 15 is 0 Å². The summed E-state index contributed by atoms with van der Waals surface area (Å²) in [4.78, 5) is 15.8. The highest BCUT2D eigenvalue weighted by Crippen LogP contribution is 2.32. The van der Waals surface area contributed by atoms with Crippen molar-refractivity contribution in [3.8, 4) is 17.1 Å². The number of nitrogens with zero attached hydrogens (tertiary/aromatic N) is 4. The van der Waals surface area contributed by atoms with Gasteiger partial charge in [0.1, 0.15) is 11.6 Å². The molecule has 1 aliphatic heterocycles. The van der Waals surface area contributed by atoms with Crippen molar-refractivity contribution in [3.05, 3.63) is 42.2 Å². The summed E-state index contributed by atoms with van der Waals surface area (Å²) in [5, 5.41) is 11.2. The van der Waals surface area contributed by atoms with Crippen LogP contribution >= 0.6 is 0 Å². The predicted molar refractivity (Wildman–Crippen MR) is 90.6 cm³/mol. The second-order valence-corrected chi connectivity index (χ2v) is 5.98. The zero-order valence-electron chi connectivity index (χ0n) is 13.0. The maximum atomic E-state index is 10.1. The van der Waals surface area contributed by atoms with Gasteiger partial charge in [0.15, 0.2) is 5.82 Å². The highest BCUT2D eigenvalue weighted by Gasteiger charge is 2.19. The number of aromatic hydroxyl groups is 1. The van der Waals surface area contributed by atoms with E-state index in [9.17, 15) is 5.11 Å². The van der Waals surface area contributed by atoms with Crippen LogP contribution in [-0.2, 0) is 0 Å². The van der Waals surface area contributed by atoms with Gasteiger partial charge in [-0.05, 0) is 43.5 Å². The maximum absolute atomic E-state index is 10.1. The van der Waals surface area contributed by atoms with E-state index in [4.69, 9.17) is 4.98 Å². The van der Waals surface area contributed by atoms with E-state index in [2.05, 4.69) is 40.0 Å². The van der Waals surface area contributed by atoms with Gasteiger partial charge in [-0.15, -0.1) is 0 Å². The third-order valence-electron chi connectivity index (χ3n) is 4.28. The highest BCUT2D eigenvalue weighted by molar-refractivity contribution is 5.91. The molecule has 0 bridgehead atoms. The number of fused-ring (bicyclic) bond motifs is 1. The second-order valence-electron chi connectivity index (χ2n) is 5.98. The Labute approximate surface area is 134 Å². The quantitative estimate of drug-likeness (QED) is 0.787. The minimum Gasteiger partial charge on any atom is -0.507 e. The molecule has 0 atom stereocenters. The average molecular weight is 306 g/mol. The average Bonchev–Trinajstić information content (AvgIpc) is 3.08. The first-order valence-corrected chi connectivity index (χ1v) is 7.89. The molecule has 0 saturated carbocycles. The van der Waals surface area contributed by atoms with Crippen molar-refractivity contribution in [2.45, 2.75) is 19.8 Å². The number of hydrogen-bond acceptors (Lipinski definition) is 5. The molecule has 116 valence electrons. The Hall–Kier alpha value is -2.69. The minimum absolute atomic E-state index is 0.152. The fraction of sp³-hybridized carbons (Fsp3) is 0.278. The Balaban J connectivity index is 1.97. The van der Waals surface area contributed by atoms with Gasteiger partial charge in [-0.3, -0.25) is 4.98 Å². The number of aromatic nitrogens is 3. The van der Waals surface area contributed by atoms with E-state index in [0.29, 0.717) is 11.4 Å². The molecule has 0 amide bonds. The van der Waals surface area contributed by atoms with Crippen molar-refractivity contribution in [2.75, 3.05) is 18.0 Å². The second kappa shape index (κ2) is 5.50. The lowest BCUT2D eigenvalue weighted by Gasteiger charge is -2.19. The molecule has 1 aliphatic rings. The van der Waals surface area contributed by atoms with Gasteiger partial charge in [0, 0.05) is 30.9 Å². The SMILES string of the molecule is Cc1ccc2c(N3CCCC3)nc(-c3cnccc3O)nc2c1. The lowest BCUT2D eigenvalue weighted by Crippen LogP contribution is -2.20. The molecule has 3 aromatic rings. The Morgan fingerprint density at radius 2 is 1.91 bits per heavy atom. The van der Waals surface area contributed by atoms with E-state index in [1.165, 1.54) is 12.8 Å². The third-order valence-corrected chi connectivity index (χ3v) is 4.28. The van der Waals surface area contributed by atoms with Crippen molar-refractivity contribution in [3.63, 3.8) is 0 Å². The number of aryl methyl sites for hydroxylation is 1. The normalized spacial score (nSPS) is 14.6. The topological polar surface area (TPSA) is 62.1 Å². The molecule has 1 fully saturated rings. The Morgan fingerprint density at radius 3 is 2.70 bits per heavy atom. The van der Waals surface area contributed by atoms with Gasteiger partial charge >= 0.3 is 0 Å². The summed E-state index contributed by atoms with van der Waals surface area (Å²) >= 11 is 0. The van der Waals surface area contributed by atoms with Crippen molar-refractivity contribution < 1.29 is 5.11 Å². The standard InChI is InChI=1S/C18H18N4O/c1-12-4-5-13-15(10-12)20-17(14-11-19-7-6-16(14)23)21-18(13)22-8-2-3-9-22/h4-7,10-11H,2-3,8-9H2,1H3,(H,19,23). The van der Waals surface area contributed by atoms with Crippen LogP contribution in [-0.4, -0.2) is 33.1 Å². The molecule has 1 saturated heterocycles. The zero-order chi connectivity index (χ0) is 15.8. The van der Waals surface area contributed by atoms with Crippen LogP contribution in [0.5, 0.6) is 5.75 Å².